The highest BCUT2D eigenvalue weighted by atomic mass is 16.6. The number of nitrogens with zero attached hydrogens (tertiary/aromatic N) is 3. The molecule has 0 bridgehead atoms. The maximum absolute atomic E-state index is 13.6. The number of nitrogens with one attached hydrogen (secondary N) is 1. The first-order chi connectivity index (χ1) is 20.3. The van der Waals surface area contributed by atoms with Crippen molar-refractivity contribution in [2.45, 2.75) is 19.8 Å². The Balaban J connectivity index is 1.96. The zero-order valence-electron chi connectivity index (χ0n) is 23.8. The number of nitro groups is 1. The number of non-ortho nitro benzene ring substituents is 1. The number of esters is 2. The van der Waals surface area contributed by atoms with Crippen molar-refractivity contribution in [3.05, 3.63) is 99.0 Å². The third kappa shape index (κ3) is 6.56. The average Bonchev–Trinajstić information content (AvgIpc) is 3.43. The maximum atomic E-state index is 13.6. The van der Waals surface area contributed by atoms with Crippen molar-refractivity contribution in [1.82, 2.24) is 15.1 Å². The van der Waals surface area contributed by atoms with Crippen LogP contribution in [0, 0.1) is 10.1 Å². The van der Waals surface area contributed by atoms with Gasteiger partial charge in [-0.1, -0.05) is 30.3 Å². The fraction of sp³-hybridized carbons (Fsp3) is 0.300. The molecular formula is C30H32N4O8. The van der Waals surface area contributed by atoms with Crippen molar-refractivity contribution in [3.63, 3.8) is 0 Å². The minimum Gasteiger partial charge on any atom is -0.460 e. The summed E-state index contributed by atoms with van der Waals surface area (Å²) in [5.41, 5.74) is 3.12. The average molecular weight is 577 g/mol. The fourth-order valence-corrected chi connectivity index (χ4v) is 4.74. The Morgan fingerprint density at radius 2 is 1.50 bits per heavy atom. The number of benzene rings is 2. The number of allylic oxidation sites excluding steroid dienone is 2. The molecule has 1 aromatic heterocycles. The van der Waals surface area contributed by atoms with E-state index in [1.165, 1.54) is 26.4 Å². The second-order valence-electron chi connectivity index (χ2n) is 9.41. The summed E-state index contributed by atoms with van der Waals surface area (Å²) in [7, 11) is 2.99. The van der Waals surface area contributed by atoms with Gasteiger partial charge in [-0.2, -0.15) is 5.10 Å². The van der Waals surface area contributed by atoms with Gasteiger partial charge in [0.25, 0.3) is 5.69 Å². The Kier molecular flexibility index (Phi) is 9.84. The van der Waals surface area contributed by atoms with Gasteiger partial charge < -0.3 is 24.3 Å². The molecule has 0 saturated heterocycles. The van der Waals surface area contributed by atoms with Crippen LogP contribution in [0.5, 0.6) is 0 Å². The number of aromatic nitrogens is 2. The normalized spacial score (nSPS) is 13.6. The zero-order chi connectivity index (χ0) is 30.2. The number of carbonyl (C=O) groups is 2. The van der Waals surface area contributed by atoms with Gasteiger partial charge in [-0.15, -0.1) is 0 Å². The molecule has 2 heterocycles. The lowest BCUT2D eigenvalue weighted by Crippen LogP contribution is -2.33. The molecule has 0 fully saturated rings. The number of dihydropyridines is 1. The van der Waals surface area contributed by atoms with Crippen LogP contribution < -0.4 is 5.32 Å². The van der Waals surface area contributed by atoms with E-state index >= 15 is 0 Å². The van der Waals surface area contributed by atoms with Crippen molar-refractivity contribution in [2.75, 3.05) is 40.6 Å². The maximum Gasteiger partial charge on any atom is 0.336 e. The number of carbonyl (C=O) groups excluding carboxylic acids is 2. The Morgan fingerprint density at radius 1 is 0.905 bits per heavy atom. The van der Waals surface area contributed by atoms with Crippen molar-refractivity contribution in [3.8, 4) is 16.9 Å². The van der Waals surface area contributed by atoms with Gasteiger partial charge in [-0.25, -0.2) is 14.3 Å². The van der Waals surface area contributed by atoms with Gasteiger partial charge in [0, 0.05) is 55.1 Å². The van der Waals surface area contributed by atoms with Crippen LogP contribution in [0.4, 0.5) is 5.69 Å². The number of ether oxygens (including phenoxy) is 4. The van der Waals surface area contributed by atoms with Crippen molar-refractivity contribution in [2.24, 2.45) is 0 Å². The molecule has 220 valence electrons. The number of para-hydroxylation sites is 1. The number of methoxy groups -OCH3 is 2. The van der Waals surface area contributed by atoms with Crippen molar-refractivity contribution >= 4 is 17.6 Å². The summed E-state index contributed by atoms with van der Waals surface area (Å²) in [5.74, 6) is -2.30. The third-order valence-corrected chi connectivity index (χ3v) is 6.65. The highest BCUT2D eigenvalue weighted by molar-refractivity contribution is 6.00. The summed E-state index contributed by atoms with van der Waals surface area (Å²) in [5, 5.41) is 19.6. The van der Waals surface area contributed by atoms with Crippen molar-refractivity contribution < 1.29 is 33.5 Å². The smallest absolute Gasteiger partial charge is 0.336 e. The van der Waals surface area contributed by atoms with E-state index in [4.69, 9.17) is 24.0 Å². The van der Waals surface area contributed by atoms with Crippen LogP contribution in [-0.2, 0) is 28.5 Å². The summed E-state index contributed by atoms with van der Waals surface area (Å²) in [4.78, 5) is 38.3. The molecule has 0 saturated carbocycles. The molecule has 2 aromatic carbocycles. The lowest BCUT2D eigenvalue weighted by Gasteiger charge is -2.30. The Bertz CT molecular complexity index is 1480. The molecule has 1 aliphatic rings. The number of rotatable bonds is 12. The molecule has 42 heavy (non-hydrogen) atoms. The van der Waals surface area contributed by atoms with E-state index in [9.17, 15) is 19.7 Å². The second kappa shape index (κ2) is 13.7. The van der Waals surface area contributed by atoms with E-state index in [-0.39, 0.29) is 43.3 Å². The van der Waals surface area contributed by atoms with Crippen molar-refractivity contribution in [1.29, 1.82) is 0 Å². The minimum absolute atomic E-state index is 0.00381. The summed E-state index contributed by atoms with van der Waals surface area (Å²) < 4.78 is 22.7. The van der Waals surface area contributed by atoms with Crippen LogP contribution in [0.25, 0.3) is 16.9 Å². The van der Waals surface area contributed by atoms with Crippen LogP contribution in [0.1, 0.15) is 25.3 Å². The van der Waals surface area contributed by atoms with Crippen LogP contribution in [0.2, 0.25) is 0 Å². The molecular weight excluding hydrogens is 544 g/mol. The minimum atomic E-state index is -0.983. The molecule has 0 spiro atoms. The lowest BCUT2D eigenvalue weighted by molar-refractivity contribution is -0.384. The van der Waals surface area contributed by atoms with Gasteiger partial charge in [0.15, 0.2) is 0 Å². The molecule has 0 unspecified atom stereocenters. The molecule has 0 atom stereocenters. The quantitative estimate of drug-likeness (QED) is 0.145. The van der Waals surface area contributed by atoms with Crippen LogP contribution in [-0.4, -0.2) is 67.3 Å². The second-order valence-corrected chi connectivity index (χ2v) is 9.41. The standard InChI is InChI=1S/C30H32N4O8/c1-19-25(29(35)41-15-13-39-3)27(26(20(2)31-19)30(36)42-16-14-40-4)24-18-33(22-10-6-5-7-11-22)32-28(24)21-9-8-12-23(17-21)34(37)38/h5-12,17-18,27,31H,13-16H2,1-4H3. The largest absolute Gasteiger partial charge is 0.460 e. The predicted molar refractivity (Wildman–Crippen MR) is 153 cm³/mol. The lowest BCUT2D eigenvalue weighted by atomic mass is 9.79. The molecule has 0 aliphatic carbocycles. The summed E-state index contributed by atoms with van der Waals surface area (Å²) >= 11 is 0. The Hall–Kier alpha value is -4.81. The van der Waals surface area contributed by atoms with Crippen LogP contribution >= 0.6 is 0 Å². The van der Waals surface area contributed by atoms with E-state index in [1.807, 2.05) is 30.3 Å². The first-order valence-electron chi connectivity index (χ1n) is 13.2. The number of hydrogen-bond acceptors (Lipinski definition) is 10. The highest BCUT2D eigenvalue weighted by Crippen LogP contribution is 2.43. The molecule has 3 aromatic rings. The van der Waals surface area contributed by atoms with Gasteiger partial charge in [-0.05, 0) is 26.0 Å². The molecule has 1 aliphatic heterocycles. The van der Waals surface area contributed by atoms with Gasteiger partial charge in [0.2, 0.25) is 0 Å². The van der Waals surface area contributed by atoms with E-state index in [0.29, 0.717) is 33.9 Å². The van der Waals surface area contributed by atoms with Crippen LogP contribution in [0.15, 0.2) is 83.3 Å². The van der Waals surface area contributed by atoms with Gasteiger partial charge in [0.1, 0.15) is 13.2 Å². The SMILES string of the molecule is COCCOC(=O)C1=C(C)NC(C)=C(C(=O)OCCOC)C1c1cn(-c2ccccc2)nc1-c1cccc([N+](=O)[O-])c1. The summed E-state index contributed by atoms with van der Waals surface area (Å²) in [6.45, 7) is 3.78. The third-order valence-electron chi connectivity index (χ3n) is 6.65. The molecule has 4 rings (SSSR count). The van der Waals surface area contributed by atoms with Gasteiger partial charge in [-0.3, -0.25) is 10.1 Å². The van der Waals surface area contributed by atoms with E-state index in [2.05, 4.69) is 5.32 Å². The molecule has 12 heteroatoms. The molecule has 0 amide bonds. The Labute approximate surface area is 242 Å². The molecule has 1 N–H and O–H groups in total. The van der Waals surface area contributed by atoms with E-state index in [0.717, 1.165) is 0 Å². The topological polar surface area (TPSA) is 144 Å². The first kappa shape index (κ1) is 30.2. The first-order valence-corrected chi connectivity index (χ1v) is 13.2. The van der Waals surface area contributed by atoms with E-state index in [1.54, 1.807) is 36.9 Å². The van der Waals surface area contributed by atoms with E-state index < -0.39 is 22.8 Å². The van der Waals surface area contributed by atoms with Gasteiger partial charge >= 0.3 is 11.9 Å². The molecule has 12 nitrogen and oxygen atoms in total. The van der Waals surface area contributed by atoms with Crippen LogP contribution in [0.3, 0.4) is 0 Å². The number of hydrogen-bond donors (Lipinski definition) is 1. The van der Waals surface area contributed by atoms with Gasteiger partial charge in [0.05, 0.1) is 46.6 Å². The molecule has 0 radical (unpaired) electrons. The summed E-state index contributed by atoms with van der Waals surface area (Å²) in [6.07, 6.45) is 1.71. The Morgan fingerprint density at radius 3 is 2.05 bits per heavy atom. The fourth-order valence-electron chi connectivity index (χ4n) is 4.74. The highest BCUT2D eigenvalue weighted by Gasteiger charge is 2.40. The summed E-state index contributed by atoms with van der Waals surface area (Å²) in [6, 6.07) is 15.3. The zero-order valence-corrected chi connectivity index (χ0v) is 23.8. The predicted octanol–water partition coefficient (Wildman–Crippen LogP) is 4.06. The monoisotopic (exact) mass is 576 g/mol. The number of nitro benzene ring substituents is 1.